The van der Waals surface area contributed by atoms with E-state index in [9.17, 15) is 23.5 Å². The van der Waals surface area contributed by atoms with Crippen molar-refractivity contribution in [3.8, 4) is 5.75 Å². The maximum atomic E-state index is 14.1. The molecule has 2 aromatic carbocycles. The molecular formula is C33H38F2N4O4S. The quantitative estimate of drug-likeness (QED) is 0.330. The van der Waals surface area contributed by atoms with Gasteiger partial charge >= 0.3 is 0 Å². The molecule has 0 aliphatic carbocycles. The molecule has 3 aliphatic heterocycles. The first-order valence-corrected chi connectivity index (χ1v) is 16.3. The van der Waals surface area contributed by atoms with Crippen molar-refractivity contribution in [2.24, 2.45) is 0 Å². The van der Waals surface area contributed by atoms with Gasteiger partial charge in [-0.25, -0.2) is 13.8 Å². The lowest BCUT2D eigenvalue weighted by Gasteiger charge is -2.29. The fourth-order valence-corrected chi connectivity index (χ4v) is 7.61. The second-order valence-electron chi connectivity index (χ2n) is 12.0. The van der Waals surface area contributed by atoms with Crippen LogP contribution in [0.1, 0.15) is 87.1 Å². The van der Waals surface area contributed by atoms with Gasteiger partial charge in [-0.15, -0.1) is 11.3 Å². The minimum atomic E-state index is -1.00. The summed E-state index contributed by atoms with van der Waals surface area (Å²) in [6.45, 7) is 3.75. The summed E-state index contributed by atoms with van der Waals surface area (Å²) in [4.78, 5) is 34.5. The van der Waals surface area contributed by atoms with E-state index in [1.807, 2.05) is 17.2 Å². The fourth-order valence-electron chi connectivity index (χ4n) is 6.67. The third-order valence-electron chi connectivity index (χ3n) is 8.83. The lowest BCUT2D eigenvalue weighted by molar-refractivity contribution is 0.0732. The summed E-state index contributed by atoms with van der Waals surface area (Å²) in [5, 5.41) is 20.5. The molecule has 3 N–H and O–H groups in total. The minimum absolute atomic E-state index is 0.0275. The highest BCUT2D eigenvalue weighted by molar-refractivity contribution is 7.09. The summed E-state index contributed by atoms with van der Waals surface area (Å²) >= 11 is 1.55. The first-order valence-electron chi connectivity index (χ1n) is 15.5. The van der Waals surface area contributed by atoms with E-state index in [0.717, 1.165) is 55.4 Å². The molecule has 0 spiro atoms. The van der Waals surface area contributed by atoms with Crippen molar-refractivity contribution in [2.75, 3.05) is 19.7 Å². The number of nitrogens with zero attached hydrogens (tertiary/aromatic N) is 2. The molecule has 4 heterocycles. The van der Waals surface area contributed by atoms with Crippen LogP contribution in [0.15, 0.2) is 35.7 Å². The standard InChI is InChI=1S/C33H38F2N4O4S/c1-19-18-44-32(37-19)28-8-5-10-39(28)33(42)21-15-25(24-6-2-3-11-43-29(24)16-21)31(41)38-27(30(40)26-7-4-9-36-26)14-20-12-22(34)17-23(35)13-20/h12-13,15-18,26-28,30,36,40H,2-11,14H2,1H3,(H,38,41). The number of aliphatic hydroxyl groups excluding tert-OH is 1. The number of nitrogens with one attached hydrogen (secondary N) is 2. The minimum Gasteiger partial charge on any atom is -0.493 e. The van der Waals surface area contributed by atoms with Gasteiger partial charge in [0, 0.05) is 46.4 Å². The number of fused-ring (bicyclic) bond motifs is 1. The van der Waals surface area contributed by atoms with Gasteiger partial charge in [0.25, 0.3) is 11.8 Å². The molecule has 11 heteroatoms. The Bertz CT molecular complexity index is 1510. The predicted molar refractivity (Wildman–Crippen MR) is 163 cm³/mol. The monoisotopic (exact) mass is 624 g/mol. The normalized spacial score (nSPS) is 21.3. The van der Waals surface area contributed by atoms with Crippen LogP contribution in [0.25, 0.3) is 0 Å². The Morgan fingerprint density at radius 2 is 1.95 bits per heavy atom. The van der Waals surface area contributed by atoms with E-state index in [4.69, 9.17) is 4.74 Å². The van der Waals surface area contributed by atoms with Crippen LogP contribution >= 0.6 is 11.3 Å². The molecular weight excluding hydrogens is 586 g/mol. The zero-order chi connectivity index (χ0) is 30.8. The molecule has 4 atom stereocenters. The average molecular weight is 625 g/mol. The number of amides is 2. The van der Waals surface area contributed by atoms with Crippen molar-refractivity contribution in [1.82, 2.24) is 20.5 Å². The number of likely N-dealkylation sites (tertiary alicyclic amines) is 1. The molecule has 2 amide bonds. The number of aryl methyl sites for hydroxylation is 1. The average Bonchev–Trinajstić information content (AvgIpc) is 3.75. The Labute approximate surface area is 259 Å². The summed E-state index contributed by atoms with van der Waals surface area (Å²) in [7, 11) is 0. The van der Waals surface area contributed by atoms with Crippen LogP contribution in [0.5, 0.6) is 5.75 Å². The van der Waals surface area contributed by atoms with Crippen molar-refractivity contribution in [3.63, 3.8) is 0 Å². The largest absolute Gasteiger partial charge is 0.493 e. The van der Waals surface area contributed by atoms with E-state index in [1.54, 1.807) is 23.5 Å². The second kappa shape index (κ2) is 13.3. The molecule has 0 saturated carbocycles. The highest BCUT2D eigenvalue weighted by atomic mass is 32.1. The number of carbonyl (C=O) groups is 2. The Hall–Kier alpha value is -3.41. The number of aliphatic hydroxyl groups is 1. The number of ether oxygens (including phenoxy) is 1. The van der Waals surface area contributed by atoms with Crippen LogP contribution in [0.2, 0.25) is 0 Å². The number of halogens is 2. The molecule has 44 heavy (non-hydrogen) atoms. The number of thiazole rings is 1. The van der Waals surface area contributed by atoms with E-state index in [2.05, 4.69) is 15.6 Å². The Balaban J connectivity index is 1.32. The zero-order valence-corrected chi connectivity index (χ0v) is 25.6. The van der Waals surface area contributed by atoms with Crippen LogP contribution in [0, 0.1) is 18.6 Å². The van der Waals surface area contributed by atoms with Crippen LogP contribution in [0.3, 0.4) is 0 Å². The highest BCUT2D eigenvalue weighted by Gasteiger charge is 2.35. The van der Waals surface area contributed by atoms with Gasteiger partial charge in [-0.05, 0) is 94.7 Å². The van der Waals surface area contributed by atoms with Crippen LogP contribution in [-0.4, -0.2) is 64.7 Å². The molecule has 1 aromatic heterocycles. The van der Waals surface area contributed by atoms with E-state index in [-0.39, 0.29) is 24.4 Å². The fraction of sp³-hybridized carbons (Fsp3) is 0.485. The van der Waals surface area contributed by atoms with Gasteiger partial charge in [-0.3, -0.25) is 9.59 Å². The van der Waals surface area contributed by atoms with Gasteiger partial charge < -0.3 is 25.4 Å². The first-order chi connectivity index (χ1) is 21.3. The lowest BCUT2D eigenvalue weighted by Crippen LogP contribution is -2.52. The molecule has 2 fully saturated rings. The van der Waals surface area contributed by atoms with E-state index in [1.165, 1.54) is 12.1 Å². The van der Waals surface area contributed by atoms with Gasteiger partial charge in [0.1, 0.15) is 22.4 Å². The number of aromatic nitrogens is 1. The van der Waals surface area contributed by atoms with Crippen LogP contribution < -0.4 is 15.4 Å². The molecule has 6 rings (SSSR count). The lowest BCUT2D eigenvalue weighted by atomic mass is 9.93. The number of hydrogen-bond donors (Lipinski definition) is 3. The molecule has 0 bridgehead atoms. The van der Waals surface area contributed by atoms with Crippen molar-refractivity contribution in [3.05, 3.63) is 80.3 Å². The van der Waals surface area contributed by atoms with Crippen LogP contribution in [-0.2, 0) is 12.8 Å². The number of benzene rings is 2. The third kappa shape index (κ3) is 6.64. The summed E-state index contributed by atoms with van der Waals surface area (Å²) in [6, 6.07) is 5.37. The maximum absolute atomic E-state index is 14.1. The molecule has 0 radical (unpaired) electrons. The van der Waals surface area contributed by atoms with Crippen LogP contribution in [0.4, 0.5) is 8.78 Å². The second-order valence-corrected chi connectivity index (χ2v) is 12.9. The summed E-state index contributed by atoms with van der Waals surface area (Å²) in [5.41, 5.74) is 2.64. The number of rotatable bonds is 8. The van der Waals surface area contributed by atoms with E-state index in [0.29, 0.717) is 54.0 Å². The first kappa shape index (κ1) is 30.6. The zero-order valence-electron chi connectivity index (χ0n) is 24.8. The van der Waals surface area contributed by atoms with Gasteiger partial charge in [0.15, 0.2) is 0 Å². The predicted octanol–water partition coefficient (Wildman–Crippen LogP) is 4.88. The summed E-state index contributed by atoms with van der Waals surface area (Å²) < 4.78 is 34.2. The molecule has 3 aromatic rings. The van der Waals surface area contributed by atoms with Gasteiger partial charge in [0.2, 0.25) is 0 Å². The molecule has 2 saturated heterocycles. The molecule has 4 unspecified atom stereocenters. The van der Waals surface area contributed by atoms with Gasteiger partial charge in [-0.1, -0.05) is 0 Å². The van der Waals surface area contributed by atoms with E-state index >= 15 is 0 Å². The van der Waals surface area contributed by atoms with Crippen molar-refractivity contribution in [1.29, 1.82) is 0 Å². The summed E-state index contributed by atoms with van der Waals surface area (Å²) in [6.07, 6.45) is 4.54. The Kier molecular flexibility index (Phi) is 9.25. The maximum Gasteiger partial charge on any atom is 0.254 e. The SMILES string of the molecule is Cc1csc(C2CCCN2C(=O)c2cc3c(c(C(=O)NC(Cc4cc(F)cc(F)c4)C(O)C4CCCN4)c2)CCCCO3)n1. The van der Waals surface area contributed by atoms with Crippen molar-refractivity contribution in [2.45, 2.75) is 82.5 Å². The van der Waals surface area contributed by atoms with Gasteiger partial charge in [-0.2, -0.15) is 0 Å². The van der Waals surface area contributed by atoms with Gasteiger partial charge in [0.05, 0.1) is 24.8 Å². The van der Waals surface area contributed by atoms with E-state index < -0.39 is 29.7 Å². The highest BCUT2D eigenvalue weighted by Crippen LogP contribution is 2.36. The Morgan fingerprint density at radius 3 is 2.68 bits per heavy atom. The Morgan fingerprint density at radius 1 is 1.14 bits per heavy atom. The van der Waals surface area contributed by atoms with Crippen molar-refractivity contribution < 1.29 is 28.2 Å². The molecule has 8 nitrogen and oxygen atoms in total. The van der Waals surface area contributed by atoms with Crippen molar-refractivity contribution >= 4 is 23.2 Å². The summed E-state index contributed by atoms with van der Waals surface area (Å²) in [5.74, 6) is -1.58. The molecule has 234 valence electrons. The third-order valence-corrected chi connectivity index (χ3v) is 9.90. The molecule has 3 aliphatic rings. The topological polar surface area (TPSA) is 104 Å². The number of hydrogen-bond acceptors (Lipinski definition) is 7. The smallest absolute Gasteiger partial charge is 0.254 e. The number of carbonyl (C=O) groups excluding carboxylic acids is 2.